The minimum Gasteiger partial charge on any atom is -0.338 e. The highest BCUT2D eigenvalue weighted by atomic mass is 16.5. The molecule has 0 aliphatic rings. The third-order valence-corrected chi connectivity index (χ3v) is 4.59. The van der Waals surface area contributed by atoms with Gasteiger partial charge < -0.3 is 9.42 Å². The number of hydrogen-bond donors (Lipinski definition) is 0. The van der Waals surface area contributed by atoms with Gasteiger partial charge in [0.15, 0.2) is 0 Å². The molecule has 2 aromatic carbocycles. The molecule has 0 fully saturated rings. The summed E-state index contributed by atoms with van der Waals surface area (Å²) in [5.41, 5.74) is 3.69. The van der Waals surface area contributed by atoms with E-state index in [0.717, 1.165) is 22.4 Å². The molecule has 4 aromatic rings. The SMILES string of the molecule is Cc1ccccc1-c1noc(CC(=O)N(Cc2cccnc2)c2ccccc2)n1. The predicted molar refractivity (Wildman–Crippen MR) is 110 cm³/mol. The van der Waals surface area contributed by atoms with E-state index in [9.17, 15) is 4.79 Å². The summed E-state index contributed by atoms with van der Waals surface area (Å²) in [5.74, 6) is 0.657. The van der Waals surface area contributed by atoms with Crippen LogP contribution in [0.25, 0.3) is 11.4 Å². The average Bonchev–Trinajstić information content (AvgIpc) is 3.22. The largest absolute Gasteiger partial charge is 0.338 e. The topological polar surface area (TPSA) is 72.1 Å². The van der Waals surface area contributed by atoms with Gasteiger partial charge in [-0.2, -0.15) is 4.98 Å². The van der Waals surface area contributed by atoms with Gasteiger partial charge in [-0.05, 0) is 36.2 Å². The number of aryl methyl sites for hydroxylation is 1. The third kappa shape index (κ3) is 4.38. The van der Waals surface area contributed by atoms with Crippen LogP contribution in [0.4, 0.5) is 5.69 Å². The van der Waals surface area contributed by atoms with Gasteiger partial charge in [-0.25, -0.2) is 0 Å². The number of nitrogens with zero attached hydrogens (tertiary/aromatic N) is 4. The van der Waals surface area contributed by atoms with E-state index in [1.54, 1.807) is 17.3 Å². The fraction of sp³-hybridized carbons (Fsp3) is 0.130. The quantitative estimate of drug-likeness (QED) is 0.498. The van der Waals surface area contributed by atoms with Gasteiger partial charge in [0.1, 0.15) is 6.42 Å². The molecule has 6 nitrogen and oxygen atoms in total. The van der Waals surface area contributed by atoms with Crippen molar-refractivity contribution in [2.75, 3.05) is 4.90 Å². The molecular formula is C23H20N4O2. The summed E-state index contributed by atoms with van der Waals surface area (Å²) in [6, 6.07) is 21.1. The molecule has 1 amide bonds. The van der Waals surface area contributed by atoms with Gasteiger partial charge in [-0.15, -0.1) is 0 Å². The number of carbonyl (C=O) groups excluding carboxylic acids is 1. The van der Waals surface area contributed by atoms with Crippen LogP contribution < -0.4 is 4.90 Å². The number of aromatic nitrogens is 3. The van der Waals surface area contributed by atoms with Crippen LogP contribution in [0.1, 0.15) is 17.0 Å². The molecule has 0 saturated heterocycles. The van der Waals surface area contributed by atoms with Crippen molar-refractivity contribution < 1.29 is 9.32 Å². The lowest BCUT2D eigenvalue weighted by molar-refractivity contribution is -0.118. The molecule has 0 aliphatic heterocycles. The number of hydrogen-bond acceptors (Lipinski definition) is 5. The van der Waals surface area contributed by atoms with Gasteiger partial charge in [-0.1, -0.05) is 53.7 Å². The van der Waals surface area contributed by atoms with E-state index in [1.807, 2.05) is 73.7 Å². The van der Waals surface area contributed by atoms with Crippen LogP contribution in [0, 0.1) is 6.92 Å². The molecule has 0 atom stereocenters. The summed E-state index contributed by atoms with van der Waals surface area (Å²) in [6.45, 7) is 2.40. The van der Waals surface area contributed by atoms with Crippen molar-refractivity contribution in [1.29, 1.82) is 0 Å². The minimum atomic E-state index is -0.125. The highest BCUT2D eigenvalue weighted by molar-refractivity contribution is 5.94. The van der Waals surface area contributed by atoms with Gasteiger partial charge in [0.25, 0.3) is 0 Å². The summed E-state index contributed by atoms with van der Waals surface area (Å²) in [5, 5.41) is 4.05. The predicted octanol–water partition coefficient (Wildman–Crippen LogP) is 4.22. The van der Waals surface area contributed by atoms with E-state index in [1.165, 1.54) is 0 Å². The molecule has 6 heteroatoms. The molecule has 0 N–H and O–H groups in total. The number of pyridine rings is 1. The van der Waals surface area contributed by atoms with Crippen molar-refractivity contribution in [2.24, 2.45) is 0 Å². The fourth-order valence-electron chi connectivity index (χ4n) is 3.09. The first-order valence-electron chi connectivity index (χ1n) is 9.33. The molecule has 0 spiro atoms. The zero-order valence-corrected chi connectivity index (χ0v) is 16.0. The summed E-state index contributed by atoms with van der Waals surface area (Å²) in [6.07, 6.45) is 3.49. The first-order chi connectivity index (χ1) is 14.2. The van der Waals surface area contributed by atoms with E-state index in [2.05, 4.69) is 15.1 Å². The number of carbonyl (C=O) groups is 1. The molecule has 0 bridgehead atoms. The van der Waals surface area contributed by atoms with E-state index in [0.29, 0.717) is 18.3 Å². The van der Waals surface area contributed by atoms with E-state index >= 15 is 0 Å². The molecule has 2 heterocycles. The Morgan fingerprint density at radius 1 is 1.00 bits per heavy atom. The van der Waals surface area contributed by atoms with Gasteiger partial charge >= 0.3 is 0 Å². The van der Waals surface area contributed by atoms with Crippen LogP contribution >= 0.6 is 0 Å². The van der Waals surface area contributed by atoms with Crippen molar-refractivity contribution in [3.8, 4) is 11.4 Å². The highest BCUT2D eigenvalue weighted by Gasteiger charge is 2.20. The smallest absolute Gasteiger partial charge is 0.236 e. The number of para-hydroxylation sites is 1. The van der Waals surface area contributed by atoms with Crippen LogP contribution in [0.15, 0.2) is 83.6 Å². The Balaban J connectivity index is 1.56. The Morgan fingerprint density at radius 2 is 1.79 bits per heavy atom. The van der Waals surface area contributed by atoms with Crippen LogP contribution in [-0.2, 0) is 17.8 Å². The normalized spacial score (nSPS) is 10.7. The van der Waals surface area contributed by atoms with Crippen LogP contribution in [0.2, 0.25) is 0 Å². The lowest BCUT2D eigenvalue weighted by atomic mass is 10.1. The maximum Gasteiger partial charge on any atom is 0.236 e. The summed E-state index contributed by atoms with van der Waals surface area (Å²) >= 11 is 0. The van der Waals surface area contributed by atoms with Gasteiger partial charge in [0.05, 0.1) is 6.54 Å². The third-order valence-electron chi connectivity index (χ3n) is 4.59. The number of benzene rings is 2. The molecule has 0 radical (unpaired) electrons. The number of anilines is 1. The Morgan fingerprint density at radius 3 is 2.55 bits per heavy atom. The Hall–Kier alpha value is -3.80. The molecule has 0 aliphatic carbocycles. The number of amides is 1. The fourth-order valence-corrected chi connectivity index (χ4v) is 3.09. The average molecular weight is 384 g/mol. The summed E-state index contributed by atoms with van der Waals surface area (Å²) in [7, 11) is 0. The van der Waals surface area contributed by atoms with E-state index < -0.39 is 0 Å². The first kappa shape index (κ1) is 18.6. The Bertz CT molecular complexity index is 1090. The molecule has 144 valence electrons. The second kappa shape index (κ2) is 8.48. The van der Waals surface area contributed by atoms with Crippen molar-refractivity contribution >= 4 is 11.6 Å². The van der Waals surface area contributed by atoms with Crippen LogP contribution in [0.5, 0.6) is 0 Å². The molecule has 2 aromatic heterocycles. The van der Waals surface area contributed by atoms with E-state index in [4.69, 9.17) is 4.52 Å². The van der Waals surface area contributed by atoms with Gasteiger partial charge in [0.2, 0.25) is 17.6 Å². The van der Waals surface area contributed by atoms with Crippen LogP contribution in [-0.4, -0.2) is 21.0 Å². The summed E-state index contributed by atoms with van der Waals surface area (Å²) in [4.78, 5) is 23.4. The zero-order chi connectivity index (χ0) is 20.1. The molecular weight excluding hydrogens is 364 g/mol. The highest BCUT2D eigenvalue weighted by Crippen LogP contribution is 2.21. The van der Waals surface area contributed by atoms with Gasteiger partial charge in [0, 0.05) is 23.6 Å². The molecule has 0 saturated carbocycles. The molecule has 4 rings (SSSR count). The van der Waals surface area contributed by atoms with Crippen molar-refractivity contribution in [1.82, 2.24) is 15.1 Å². The molecule has 29 heavy (non-hydrogen) atoms. The second-order valence-corrected chi connectivity index (χ2v) is 6.68. The lowest BCUT2D eigenvalue weighted by Crippen LogP contribution is -2.31. The number of rotatable bonds is 6. The summed E-state index contributed by atoms with van der Waals surface area (Å²) < 4.78 is 5.36. The second-order valence-electron chi connectivity index (χ2n) is 6.68. The van der Waals surface area contributed by atoms with Crippen molar-refractivity contribution in [3.63, 3.8) is 0 Å². The van der Waals surface area contributed by atoms with Crippen LogP contribution in [0.3, 0.4) is 0 Å². The Labute approximate surface area is 168 Å². The standard InChI is InChI=1S/C23H20N4O2/c1-17-8-5-6-12-20(17)23-25-21(29-26-23)14-22(28)27(19-10-3-2-4-11-19)16-18-9-7-13-24-15-18/h2-13,15H,14,16H2,1H3. The first-order valence-corrected chi connectivity index (χ1v) is 9.33. The van der Waals surface area contributed by atoms with Crippen molar-refractivity contribution in [3.05, 3.63) is 96.1 Å². The van der Waals surface area contributed by atoms with Crippen molar-refractivity contribution in [2.45, 2.75) is 19.9 Å². The maximum atomic E-state index is 13.1. The minimum absolute atomic E-state index is 0.0219. The molecule has 0 unspecified atom stereocenters. The van der Waals surface area contributed by atoms with Gasteiger partial charge in [-0.3, -0.25) is 9.78 Å². The Kier molecular flexibility index (Phi) is 5.42. The lowest BCUT2D eigenvalue weighted by Gasteiger charge is -2.22. The monoisotopic (exact) mass is 384 g/mol. The zero-order valence-electron chi connectivity index (χ0n) is 16.0. The van der Waals surface area contributed by atoms with E-state index in [-0.39, 0.29) is 12.3 Å². The maximum absolute atomic E-state index is 13.1.